The van der Waals surface area contributed by atoms with Gasteiger partial charge in [-0.25, -0.2) is 0 Å². The first-order valence-electron chi connectivity index (χ1n) is 10.1. The topological polar surface area (TPSA) is 49.4 Å². The molecule has 0 saturated heterocycles. The van der Waals surface area contributed by atoms with E-state index in [1.807, 2.05) is 44.2 Å². The standard InChI is InChI=1S/C23H27Cl3N2O2S/c1-15(2)27-23(30)16(3)28(14-17-6-11-20(25)21(26)13-17)22(29)5-4-12-31-19-9-7-18(24)8-10-19/h6-11,13,15-16H,4-5,12,14H2,1-3H3,(H,27,30). The molecule has 0 heterocycles. The molecule has 2 aromatic rings. The van der Waals surface area contributed by atoms with E-state index in [4.69, 9.17) is 34.8 Å². The molecular weight excluding hydrogens is 475 g/mol. The van der Waals surface area contributed by atoms with E-state index in [0.717, 1.165) is 16.2 Å². The molecule has 8 heteroatoms. The van der Waals surface area contributed by atoms with E-state index < -0.39 is 6.04 Å². The maximum Gasteiger partial charge on any atom is 0.242 e. The summed E-state index contributed by atoms with van der Waals surface area (Å²) in [4.78, 5) is 28.3. The molecule has 1 N–H and O–H groups in total. The average molecular weight is 502 g/mol. The Bertz CT molecular complexity index is 891. The number of hydrogen-bond acceptors (Lipinski definition) is 3. The number of hydrogen-bond donors (Lipinski definition) is 1. The molecule has 0 fully saturated rings. The van der Waals surface area contributed by atoms with Crippen molar-refractivity contribution in [3.05, 3.63) is 63.1 Å². The van der Waals surface area contributed by atoms with Gasteiger partial charge in [0.15, 0.2) is 0 Å². The van der Waals surface area contributed by atoms with Crippen molar-refractivity contribution in [1.29, 1.82) is 0 Å². The van der Waals surface area contributed by atoms with Gasteiger partial charge in [-0.15, -0.1) is 11.8 Å². The van der Waals surface area contributed by atoms with Crippen LogP contribution in [0.15, 0.2) is 47.4 Å². The summed E-state index contributed by atoms with van der Waals surface area (Å²) in [6, 6.07) is 12.3. The molecule has 0 radical (unpaired) electrons. The predicted molar refractivity (Wildman–Crippen MR) is 131 cm³/mol. The summed E-state index contributed by atoms with van der Waals surface area (Å²) in [5.74, 6) is 0.536. The van der Waals surface area contributed by atoms with Gasteiger partial charge >= 0.3 is 0 Å². The predicted octanol–water partition coefficient (Wildman–Crippen LogP) is 6.46. The van der Waals surface area contributed by atoms with Crippen LogP contribution in [0.5, 0.6) is 0 Å². The molecule has 1 unspecified atom stereocenters. The molecule has 168 valence electrons. The molecule has 2 amide bonds. The van der Waals surface area contributed by atoms with Crippen LogP contribution in [-0.2, 0) is 16.1 Å². The number of rotatable bonds is 10. The lowest BCUT2D eigenvalue weighted by atomic mass is 10.1. The molecule has 0 aliphatic heterocycles. The van der Waals surface area contributed by atoms with Gasteiger partial charge in [-0.1, -0.05) is 40.9 Å². The van der Waals surface area contributed by atoms with E-state index >= 15 is 0 Å². The fourth-order valence-electron chi connectivity index (χ4n) is 2.91. The lowest BCUT2D eigenvalue weighted by Crippen LogP contribution is -2.49. The third-order valence-corrected chi connectivity index (χ3v) is 6.64. The second-order valence-corrected chi connectivity index (χ2v) is 9.93. The Morgan fingerprint density at radius 1 is 1.00 bits per heavy atom. The molecule has 4 nitrogen and oxygen atoms in total. The molecule has 0 bridgehead atoms. The second kappa shape index (κ2) is 12.6. The summed E-state index contributed by atoms with van der Waals surface area (Å²) in [6.07, 6.45) is 1.05. The van der Waals surface area contributed by atoms with Gasteiger partial charge < -0.3 is 10.2 Å². The zero-order chi connectivity index (χ0) is 23.0. The van der Waals surface area contributed by atoms with Gasteiger partial charge in [0.05, 0.1) is 10.0 Å². The molecule has 0 aromatic heterocycles. The van der Waals surface area contributed by atoms with Crippen molar-refractivity contribution in [3.63, 3.8) is 0 Å². The Balaban J connectivity index is 2.02. The zero-order valence-corrected chi connectivity index (χ0v) is 20.9. The van der Waals surface area contributed by atoms with Gasteiger partial charge in [0.2, 0.25) is 11.8 Å². The van der Waals surface area contributed by atoms with Crippen molar-refractivity contribution in [1.82, 2.24) is 10.2 Å². The molecule has 31 heavy (non-hydrogen) atoms. The highest BCUT2D eigenvalue weighted by Gasteiger charge is 2.26. The van der Waals surface area contributed by atoms with Gasteiger partial charge in [-0.2, -0.15) is 0 Å². The van der Waals surface area contributed by atoms with E-state index in [9.17, 15) is 9.59 Å². The maximum atomic E-state index is 13.0. The van der Waals surface area contributed by atoms with Crippen LogP contribution in [-0.4, -0.2) is 34.6 Å². The number of carbonyl (C=O) groups excluding carboxylic acids is 2. The fourth-order valence-corrected chi connectivity index (χ4v) is 4.21. The quantitative estimate of drug-likeness (QED) is 0.300. The van der Waals surface area contributed by atoms with Crippen LogP contribution in [0.3, 0.4) is 0 Å². The van der Waals surface area contributed by atoms with Crippen LogP contribution < -0.4 is 5.32 Å². The summed E-state index contributed by atoms with van der Waals surface area (Å²) >= 11 is 19.7. The minimum absolute atomic E-state index is 0.00680. The SMILES string of the molecule is CC(C)NC(=O)C(C)N(Cc1ccc(Cl)c(Cl)c1)C(=O)CCCSc1ccc(Cl)cc1. The van der Waals surface area contributed by atoms with Gasteiger partial charge in [-0.05, 0) is 74.9 Å². The Kier molecular flexibility index (Phi) is 10.5. The number of nitrogens with one attached hydrogen (secondary N) is 1. The highest BCUT2D eigenvalue weighted by atomic mass is 35.5. The summed E-state index contributed by atoms with van der Waals surface area (Å²) in [5, 5.41) is 4.46. The van der Waals surface area contributed by atoms with Crippen molar-refractivity contribution >= 4 is 58.4 Å². The Morgan fingerprint density at radius 3 is 2.29 bits per heavy atom. The van der Waals surface area contributed by atoms with Crippen LogP contribution in [0.25, 0.3) is 0 Å². The highest BCUT2D eigenvalue weighted by molar-refractivity contribution is 7.99. The number of nitrogens with zero attached hydrogens (tertiary/aromatic N) is 1. The van der Waals surface area contributed by atoms with E-state index in [1.165, 1.54) is 0 Å². The number of benzene rings is 2. The fraction of sp³-hybridized carbons (Fsp3) is 0.391. The first-order valence-corrected chi connectivity index (χ1v) is 12.2. The second-order valence-electron chi connectivity index (χ2n) is 7.52. The summed E-state index contributed by atoms with van der Waals surface area (Å²) in [6.45, 7) is 5.82. The van der Waals surface area contributed by atoms with Crippen molar-refractivity contribution in [2.45, 2.75) is 57.1 Å². The normalized spacial score (nSPS) is 12.0. The van der Waals surface area contributed by atoms with Crippen LogP contribution in [0.4, 0.5) is 0 Å². The number of thioether (sulfide) groups is 1. The summed E-state index contributed by atoms with van der Waals surface area (Å²) in [5.41, 5.74) is 0.822. The minimum Gasteiger partial charge on any atom is -0.352 e. The summed E-state index contributed by atoms with van der Waals surface area (Å²) < 4.78 is 0. The monoisotopic (exact) mass is 500 g/mol. The Labute approximate surface area is 203 Å². The molecule has 2 rings (SSSR count). The first-order chi connectivity index (χ1) is 14.7. The molecule has 0 aliphatic carbocycles. The highest BCUT2D eigenvalue weighted by Crippen LogP contribution is 2.25. The van der Waals surface area contributed by atoms with Crippen LogP contribution in [0.2, 0.25) is 15.1 Å². The Hall–Kier alpha value is -1.40. The number of amides is 2. The van der Waals surface area contributed by atoms with Gasteiger partial charge in [0.1, 0.15) is 6.04 Å². The average Bonchev–Trinajstić information content (AvgIpc) is 2.72. The molecular formula is C23H27Cl3N2O2S. The van der Waals surface area contributed by atoms with E-state index in [1.54, 1.807) is 35.7 Å². The van der Waals surface area contributed by atoms with Crippen molar-refractivity contribution in [2.24, 2.45) is 0 Å². The van der Waals surface area contributed by atoms with E-state index in [-0.39, 0.29) is 24.4 Å². The minimum atomic E-state index is -0.603. The van der Waals surface area contributed by atoms with Crippen LogP contribution in [0.1, 0.15) is 39.2 Å². The van der Waals surface area contributed by atoms with Crippen molar-refractivity contribution in [2.75, 3.05) is 5.75 Å². The molecule has 2 aromatic carbocycles. The molecule has 0 saturated carbocycles. The van der Waals surface area contributed by atoms with Gasteiger partial charge in [-0.3, -0.25) is 9.59 Å². The molecule has 0 spiro atoms. The van der Waals surface area contributed by atoms with Gasteiger partial charge in [0, 0.05) is 28.9 Å². The van der Waals surface area contributed by atoms with Crippen molar-refractivity contribution in [3.8, 4) is 0 Å². The summed E-state index contributed by atoms with van der Waals surface area (Å²) in [7, 11) is 0. The third kappa shape index (κ3) is 8.57. The Morgan fingerprint density at radius 2 is 1.68 bits per heavy atom. The van der Waals surface area contributed by atoms with Gasteiger partial charge in [0.25, 0.3) is 0 Å². The van der Waals surface area contributed by atoms with Crippen LogP contribution in [0, 0.1) is 0 Å². The van der Waals surface area contributed by atoms with E-state index in [2.05, 4.69) is 5.32 Å². The maximum absolute atomic E-state index is 13.0. The smallest absolute Gasteiger partial charge is 0.242 e. The number of carbonyl (C=O) groups is 2. The van der Waals surface area contributed by atoms with Crippen LogP contribution >= 0.6 is 46.6 Å². The van der Waals surface area contributed by atoms with E-state index in [0.29, 0.717) is 27.9 Å². The lowest BCUT2D eigenvalue weighted by molar-refractivity contribution is -0.140. The first kappa shape index (κ1) is 25.9. The zero-order valence-electron chi connectivity index (χ0n) is 17.8. The third-order valence-electron chi connectivity index (χ3n) is 4.55. The molecule has 1 atom stereocenters. The van der Waals surface area contributed by atoms with Crippen molar-refractivity contribution < 1.29 is 9.59 Å². The largest absolute Gasteiger partial charge is 0.352 e. The number of halogens is 3. The lowest BCUT2D eigenvalue weighted by Gasteiger charge is -2.29. The molecule has 0 aliphatic rings.